The molecular weight excluding hydrogens is 216 g/mol. The number of nitrogens with two attached hydrogens (primary N) is 1. The first-order chi connectivity index (χ1) is 8.16. The first-order valence-electron chi connectivity index (χ1n) is 6.13. The van der Waals surface area contributed by atoms with Gasteiger partial charge in [0.1, 0.15) is 17.5 Å². The van der Waals surface area contributed by atoms with E-state index in [9.17, 15) is 0 Å². The summed E-state index contributed by atoms with van der Waals surface area (Å²) < 4.78 is 5.57. The first-order valence-corrected chi connectivity index (χ1v) is 6.13. The Morgan fingerprint density at radius 2 is 2.24 bits per heavy atom. The van der Waals surface area contributed by atoms with E-state index in [1.54, 1.807) is 0 Å². The Bertz CT molecular complexity index is 388. The van der Waals surface area contributed by atoms with E-state index in [1.165, 1.54) is 12.8 Å². The molecule has 0 amide bonds. The van der Waals surface area contributed by atoms with Gasteiger partial charge in [0.15, 0.2) is 0 Å². The molecule has 2 rings (SSSR count). The van der Waals surface area contributed by atoms with Gasteiger partial charge in [-0.1, -0.05) is 0 Å². The van der Waals surface area contributed by atoms with E-state index in [0.717, 1.165) is 31.0 Å². The molecule has 5 nitrogen and oxygen atoms in total. The molecule has 1 fully saturated rings. The quantitative estimate of drug-likeness (QED) is 0.831. The van der Waals surface area contributed by atoms with Gasteiger partial charge in [0.2, 0.25) is 0 Å². The van der Waals surface area contributed by atoms with Gasteiger partial charge in [0, 0.05) is 18.7 Å². The van der Waals surface area contributed by atoms with Gasteiger partial charge < -0.3 is 15.8 Å². The van der Waals surface area contributed by atoms with Crippen LogP contribution in [0, 0.1) is 13.8 Å². The normalized spacial score (nSPS) is 19.5. The van der Waals surface area contributed by atoms with E-state index in [2.05, 4.69) is 15.3 Å². The average molecular weight is 236 g/mol. The van der Waals surface area contributed by atoms with Crippen LogP contribution < -0.4 is 11.1 Å². The molecule has 3 N–H and O–H groups in total. The molecule has 5 heteroatoms. The van der Waals surface area contributed by atoms with Crippen LogP contribution in [0.15, 0.2) is 0 Å². The fraction of sp³-hybridized carbons (Fsp3) is 0.667. The Morgan fingerprint density at radius 1 is 1.41 bits per heavy atom. The molecule has 1 aliphatic heterocycles. The number of aromatic nitrogens is 2. The predicted molar refractivity (Wildman–Crippen MR) is 68.0 cm³/mol. The third-order valence-electron chi connectivity index (χ3n) is 3.08. The Hall–Kier alpha value is -1.36. The topological polar surface area (TPSA) is 73.1 Å². The minimum atomic E-state index is 0.406. The van der Waals surface area contributed by atoms with Crippen LogP contribution in [0.1, 0.15) is 30.7 Å². The minimum absolute atomic E-state index is 0.406. The largest absolute Gasteiger partial charge is 0.383 e. The van der Waals surface area contributed by atoms with Gasteiger partial charge in [-0.25, -0.2) is 9.97 Å². The number of hydrogen-bond acceptors (Lipinski definition) is 5. The smallest absolute Gasteiger partial charge is 0.134 e. The number of rotatable bonds is 4. The van der Waals surface area contributed by atoms with Gasteiger partial charge >= 0.3 is 0 Å². The molecule has 1 saturated heterocycles. The lowest BCUT2D eigenvalue weighted by molar-refractivity contribution is 0.107. The molecule has 1 unspecified atom stereocenters. The van der Waals surface area contributed by atoms with Crippen molar-refractivity contribution in [1.29, 1.82) is 0 Å². The summed E-state index contributed by atoms with van der Waals surface area (Å²) in [4.78, 5) is 8.48. The standard InChI is InChI=1S/C12H20N4O/c1-8-11(13)15-9(2)16-12(8)14-6-5-10-4-3-7-17-10/h10H,3-7H2,1-2H3,(H3,13,14,15,16). The van der Waals surface area contributed by atoms with Crippen LogP contribution in [-0.2, 0) is 4.74 Å². The second-order valence-corrected chi connectivity index (χ2v) is 4.48. The summed E-state index contributed by atoms with van der Waals surface area (Å²) >= 11 is 0. The molecule has 1 aliphatic rings. The van der Waals surface area contributed by atoms with E-state index >= 15 is 0 Å². The molecule has 94 valence electrons. The van der Waals surface area contributed by atoms with Gasteiger partial charge in [0.25, 0.3) is 0 Å². The van der Waals surface area contributed by atoms with Crippen molar-refractivity contribution in [3.05, 3.63) is 11.4 Å². The summed E-state index contributed by atoms with van der Waals surface area (Å²) in [5.41, 5.74) is 6.72. The number of anilines is 2. The summed E-state index contributed by atoms with van der Waals surface area (Å²) in [5, 5.41) is 3.31. The van der Waals surface area contributed by atoms with Crippen LogP contribution in [0.25, 0.3) is 0 Å². The second kappa shape index (κ2) is 5.31. The maximum atomic E-state index is 5.80. The molecule has 0 aliphatic carbocycles. The third-order valence-corrected chi connectivity index (χ3v) is 3.08. The number of aryl methyl sites for hydroxylation is 1. The molecule has 0 aromatic carbocycles. The number of nitrogens with one attached hydrogen (secondary N) is 1. The van der Waals surface area contributed by atoms with E-state index in [1.807, 2.05) is 13.8 Å². The molecule has 17 heavy (non-hydrogen) atoms. The second-order valence-electron chi connectivity index (χ2n) is 4.48. The third kappa shape index (κ3) is 3.06. The predicted octanol–water partition coefficient (Wildman–Crippen LogP) is 1.66. The van der Waals surface area contributed by atoms with Crippen molar-refractivity contribution in [3.8, 4) is 0 Å². The van der Waals surface area contributed by atoms with Crippen molar-refractivity contribution in [3.63, 3.8) is 0 Å². The summed E-state index contributed by atoms with van der Waals surface area (Å²) in [6, 6.07) is 0. The van der Waals surface area contributed by atoms with Gasteiger partial charge in [-0.3, -0.25) is 0 Å². The fourth-order valence-corrected chi connectivity index (χ4v) is 2.05. The highest BCUT2D eigenvalue weighted by molar-refractivity contribution is 5.54. The van der Waals surface area contributed by atoms with Gasteiger partial charge in [-0.05, 0) is 33.1 Å². The summed E-state index contributed by atoms with van der Waals surface area (Å²) in [5.74, 6) is 2.10. The number of nitrogens with zero attached hydrogens (tertiary/aromatic N) is 2. The van der Waals surface area contributed by atoms with Crippen LogP contribution in [0.3, 0.4) is 0 Å². The van der Waals surface area contributed by atoms with Crippen molar-refractivity contribution in [2.45, 2.75) is 39.2 Å². The molecule has 2 heterocycles. The zero-order chi connectivity index (χ0) is 12.3. The van der Waals surface area contributed by atoms with Crippen molar-refractivity contribution in [2.75, 3.05) is 24.2 Å². The molecule has 0 saturated carbocycles. The van der Waals surface area contributed by atoms with Crippen molar-refractivity contribution in [2.24, 2.45) is 0 Å². The maximum absolute atomic E-state index is 5.80. The van der Waals surface area contributed by atoms with E-state index in [-0.39, 0.29) is 0 Å². The molecule has 0 spiro atoms. The minimum Gasteiger partial charge on any atom is -0.383 e. The zero-order valence-corrected chi connectivity index (χ0v) is 10.5. The van der Waals surface area contributed by atoms with Crippen LogP contribution in [0.5, 0.6) is 0 Å². The molecule has 1 aromatic heterocycles. The molecule has 1 aromatic rings. The number of hydrogen-bond donors (Lipinski definition) is 2. The highest BCUT2D eigenvalue weighted by atomic mass is 16.5. The van der Waals surface area contributed by atoms with Crippen molar-refractivity contribution in [1.82, 2.24) is 9.97 Å². The lowest BCUT2D eigenvalue weighted by atomic mass is 10.2. The summed E-state index contributed by atoms with van der Waals surface area (Å²) in [6.07, 6.45) is 3.78. The molecular formula is C12H20N4O. The highest BCUT2D eigenvalue weighted by Crippen LogP contribution is 2.18. The fourth-order valence-electron chi connectivity index (χ4n) is 2.05. The average Bonchev–Trinajstić information content (AvgIpc) is 2.78. The monoisotopic (exact) mass is 236 g/mol. The van der Waals surface area contributed by atoms with Gasteiger partial charge in [-0.2, -0.15) is 0 Å². The van der Waals surface area contributed by atoms with Crippen molar-refractivity contribution >= 4 is 11.6 Å². The van der Waals surface area contributed by atoms with E-state index in [0.29, 0.717) is 17.7 Å². The van der Waals surface area contributed by atoms with Crippen LogP contribution >= 0.6 is 0 Å². The Labute approximate surface area is 102 Å². The van der Waals surface area contributed by atoms with Crippen LogP contribution in [0.4, 0.5) is 11.6 Å². The van der Waals surface area contributed by atoms with E-state index < -0.39 is 0 Å². The lowest BCUT2D eigenvalue weighted by Gasteiger charge is -2.13. The molecule has 0 bridgehead atoms. The van der Waals surface area contributed by atoms with Crippen LogP contribution in [-0.4, -0.2) is 29.2 Å². The van der Waals surface area contributed by atoms with Crippen molar-refractivity contribution < 1.29 is 4.74 Å². The van der Waals surface area contributed by atoms with Crippen LogP contribution in [0.2, 0.25) is 0 Å². The Balaban J connectivity index is 1.89. The molecule has 0 radical (unpaired) electrons. The van der Waals surface area contributed by atoms with E-state index in [4.69, 9.17) is 10.5 Å². The number of ether oxygens (including phenoxy) is 1. The highest BCUT2D eigenvalue weighted by Gasteiger charge is 2.15. The lowest BCUT2D eigenvalue weighted by Crippen LogP contribution is -2.14. The zero-order valence-electron chi connectivity index (χ0n) is 10.5. The van der Waals surface area contributed by atoms with Gasteiger partial charge in [0.05, 0.1) is 6.10 Å². The number of nitrogen functional groups attached to an aromatic ring is 1. The SMILES string of the molecule is Cc1nc(N)c(C)c(NCCC2CCCO2)n1. The summed E-state index contributed by atoms with van der Waals surface area (Å²) in [7, 11) is 0. The Morgan fingerprint density at radius 3 is 2.94 bits per heavy atom. The molecule has 1 atom stereocenters. The summed E-state index contributed by atoms with van der Waals surface area (Å²) in [6.45, 7) is 5.55. The maximum Gasteiger partial charge on any atom is 0.134 e. The first kappa shape index (κ1) is 12.1. The van der Waals surface area contributed by atoms with Gasteiger partial charge in [-0.15, -0.1) is 0 Å². The Kier molecular flexibility index (Phi) is 3.78.